The Kier molecular flexibility index (Phi) is 3.67. The van der Waals surface area contributed by atoms with Crippen molar-refractivity contribution in [1.29, 1.82) is 0 Å². The zero-order valence-electron chi connectivity index (χ0n) is 11.1. The third-order valence-corrected chi connectivity index (χ3v) is 3.02. The molecular weight excluding hydrogens is 226 g/mol. The number of nitrogens with one attached hydrogen (secondary N) is 1. The Balaban J connectivity index is 2.34. The lowest BCUT2D eigenvalue weighted by Gasteiger charge is -2.09. The second-order valence-corrected chi connectivity index (χ2v) is 4.74. The van der Waals surface area contributed by atoms with Crippen molar-refractivity contribution < 1.29 is 0 Å². The quantitative estimate of drug-likeness (QED) is 0.891. The fourth-order valence-corrected chi connectivity index (χ4v) is 1.92. The summed E-state index contributed by atoms with van der Waals surface area (Å²) in [6, 6.07) is 9.94. The fourth-order valence-electron chi connectivity index (χ4n) is 1.92. The van der Waals surface area contributed by atoms with Gasteiger partial charge in [0.15, 0.2) is 0 Å². The first-order valence-corrected chi connectivity index (χ1v) is 6.09. The van der Waals surface area contributed by atoms with Crippen LogP contribution in [0.15, 0.2) is 35.1 Å². The lowest BCUT2D eigenvalue weighted by Crippen LogP contribution is -2.25. The average molecular weight is 245 g/mol. The van der Waals surface area contributed by atoms with Gasteiger partial charge < -0.3 is 4.90 Å². The average Bonchev–Trinajstić information content (AvgIpc) is 2.65. The van der Waals surface area contributed by atoms with Gasteiger partial charge in [-0.15, -0.1) is 0 Å². The molecule has 0 aliphatic rings. The topological polar surface area (TPSA) is 41.0 Å². The van der Waals surface area contributed by atoms with E-state index >= 15 is 0 Å². The third-order valence-electron chi connectivity index (χ3n) is 3.02. The summed E-state index contributed by atoms with van der Waals surface area (Å²) in [6.45, 7) is 3.39. The molecule has 96 valence electrons. The molecule has 0 saturated heterocycles. The summed E-state index contributed by atoms with van der Waals surface area (Å²) in [5.74, 6) is 0. The maximum Gasteiger partial charge on any atom is 0.270 e. The minimum atomic E-state index is 0.0655. The van der Waals surface area contributed by atoms with Crippen LogP contribution in [0, 0.1) is 6.92 Å². The van der Waals surface area contributed by atoms with Gasteiger partial charge >= 0.3 is 0 Å². The third kappa shape index (κ3) is 2.54. The summed E-state index contributed by atoms with van der Waals surface area (Å²) in [5, 5.41) is 3.20. The molecule has 0 spiro atoms. The standard InChI is InChI=1S/C14H19N3O/c1-11-13(12-7-5-4-6-8-12)15-17(14(11)18)10-9-16(2)3/h4-8,15H,9-10H2,1-3H3. The second-order valence-electron chi connectivity index (χ2n) is 4.74. The van der Waals surface area contributed by atoms with Gasteiger partial charge in [0.2, 0.25) is 0 Å². The summed E-state index contributed by atoms with van der Waals surface area (Å²) >= 11 is 0. The van der Waals surface area contributed by atoms with Crippen LogP contribution in [0.3, 0.4) is 0 Å². The highest BCUT2D eigenvalue weighted by Gasteiger charge is 2.11. The molecule has 0 saturated carbocycles. The van der Waals surface area contributed by atoms with E-state index in [9.17, 15) is 4.79 Å². The highest BCUT2D eigenvalue weighted by molar-refractivity contribution is 5.61. The Morgan fingerprint density at radius 3 is 2.50 bits per heavy atom. The van der Waals surface area contributed by atoms with Crippen molar-refractivity contribution in [2.24, 2.45) is 0 Å². The number of rotatable bonds is 4. The van der Waals surface area contributed by atoms with Crippen LogP contribution in [-0.4, -0.2) is 35.3 Å². The van der Waals surface area contributed by atoms with Crippen molar-refractivity contribution in [2.45, 2.75) is 13.5 Å². The molecule has 2 aromatic rings. The Hall–Kier alpha value is -1.81. The molecule has 0 radical (unpaired) electrons. The molecule has 1 aromatic heterocycles. The Morgan fingerprint density at radius 2 is 1.89 bits per heavy atom. The number of H-pyrrole nitrogens is 1. The number of nitrogens with zero attached hydrogens (tertiary/aromatic N) is 2. The Morgan fingerprint density at radius 1 is 1.22 bits per heavy atom. The monoisotopic (exact) mass is 245 g/mol. The molecular formula is C14H19N3O. The Bertz CT molecular complexity index is 566. The zero-order valence-corrected chi connectivity index (χ0v) is 11.1. The van der Waals surface area contributed by atoms with E-state index in [-0.39, 0.29) is 5.56 Å². The van der Waals surface area contributed by atoms with Crippen molar-refractivity contribution in [2.75, 3.05) is 20.6 Å². The first-order chi connectivity index (χ1) is 8.59. The first kappa shape index (κ1) is 12.6. The molecule has 0 bridgehead atoms. The number of hydrogen-bond donors (Lipinski definition) is 1. The van der Waals surface area contributed by atoms with Crippen LogP contribution in [0.2, 0.25) is 0 Å². The minimum Gasteiger partial charge on any atom is -0.308 e. The van der Waals surface area contributed by atoms with E-state index in [1.54, 1.807) is 4.68 Å². The summed E-state index contributed by atoms with van der Waals surface area (Å²) in [7, 11) is 4.00. The lowest BCUT2D eigenvalue weighted by molar-refractivity contribution is 0.370. The summed E-state index contributed by atoms with van der Waals surface area (Å²) in [6.07, 6.45) is 0. The van der Waals surface area contributed by atoms with E-state index in [1.807, 2.05) is 51.4 Å². The van der Waals surface area contributed by atoms with Gasteiger partial charge in [-0.05, 0) is 26.6 Å². The van der Waals surface area contributed by atoms with Gasteiger partial charge in [0.25, 0.3) is 5.56 Å². The van der Waals surface area contributed by atoms with E-state index in [1.165, 1.54) is 0 Å². The van der Waals surface area contributed by atoms with Gasteiger partial charge in [0.1, 0.15) is 0 Å². The van der Waals surface area contributed by atoms with Crippen LogP contribution < -0.4 is 5.56 Å². The predicted molar refractivity (Wildman–Crippen MR) is 73.8 cm³/mol. The molecule has 18 heavy (non-hydrogen) atoms. The fraction of sp³-hybridized carbons (Fsp3) is 0.357. The molecule has 4 heteroatoms. The van der Waals surface area contributed by atoms with E-state index in [0.717, 1.165) is 23.4 Å². The van der Waals surface area contributed by atoms with E-state index in [2.05, 4.69) is 10.00 Å². The SMILES string of the molecule is Cc1c(-c2ccccc2)[nH]n(CCN(C)C)c1=O. The zero-order chi connectivity index (χ0) is 13.1. The molecule has 4 nitrogen and oxygen atoms in total. The largest absolute Gasteiger partial charge is 0.308 e. The van der Waals surface area contributed by atoms with Gasteiger partial charge in [0.05, 0.1) is 12.2 Å². The van der Waals surface area contributed by atoms with Crippen LogP contribution in [-0.2, 0) is 6.54 Å². The molecule has 1 heterocycles. The molecule has 1 aromatic carbocycles. The number of benzene rings is 1. The Labute approximate surface area is 107 Å². The minimum absolute atomic E-state index is 0.0655. The molecule has 2 rings (SSSR count). The number of aromatic amines is 1. The van der Waals surface area contributed by atoms with Crippen LogP contribution in [0.25, 0.3) is 11.3 Å². The van der Waals surface area contributed by atoms with Crippen LogP contribution in [0.4, 0.5) is 0 Å². The summed E-state index contributed by atoms with van der Waals surface area (Å²) < 4.78 is 1.68. The molecule has 0 atom stereocenters. The maximum atomic E-state index is 12.1. The van der Waals surface area contributed by atoms with Gasteiger partial charge in [0, 0.05) is 12.1 Å². The van der Waals surface area contributed by atoms with Crippen molar-refractivity contribution in [3.63, 3.8) is 0 Å². The van der Waals surface area contributed by atoms with Crippen molar-refractivity contribution in [3.8, 4) is 11.3 Å². The van der Waals surface area contributed by atoms with Gasteiger partial charge in [-0.1, -0.05) is 30.3 Å². The van der Waals surface area contributed by atoms with Gasteiger partial charge in [-0.25, -0.2) is 0 Å². The molecule has 0 aliphatic carbocycles. The predicted octanol–water partition coefficient (Wildman–Crippen LogP) is 1.71. The number of likely N-dealkylation sites (N-methyl/N-ethyl adjacent to an activating group) is 1. The molecule has 1 N–H and O–H groups in total. The molecule has 0 aliphatic heterocycles. The van der Waals surface area contributed by atoms with E-state index in [4.69, 9.17) is 0 Å². The van der Waals surface area contributed by atoms with Crippen LogP contribution >= 0.6 is 0 Å². The maximum absolute atomic E-state index is 12.1. The smallest absolute Gasteiger partial charge is 0.270 e. The van der Waals surface area contributed by atoms with E-state index < -0.39 is 0 Å². The van der Waals surface area contributed by atoms with Crippen molar-refractivity contribution in [3.05, 3.63) is 46.2 Å². The highest BCUT2D eigenvalue weighted by atomic mass is 16.1. The summed E-state index contributed by atoms with van der Waals surface area (Å²) in [4.78, 5) is 14.1. The van der Waals surface area contributed by atoms with E-state index in [0.29, 0.717) is 6.54 Å². The number of aromatic nitrogens is 2. The first-order valence-electron chi connectivity index (χ1n) is 6.09. The molecule has 0 amide bonds. The number of hydrogen-bond acceptors (Lipinski definition) is 2. The van der Waals surface area contributed by atoms with Crippen LogP contribution in [0.1, 0.15) is 5.56 Å². The second kappa shape index (κ2) is 5.23. The lowest BCUT2D eigenvalue weighted by atomic mass is 10.1. The van der Waals surface area contributed by atoms with Gasteiger partial charge in [-0.2, -0.15) is 0 Å². The summed E-state index contributed by atoms with van der Waals surface area (Å²) in [5.41, 5.74) is 2.81. The van der Waals surface area contributed by atoms with Crippen LogP contribution in [0.5, 0.6) is 0 Å². The van der Waals surface area contributed by atoms with Gasteiger partial charge in [-0.3, -0.25) is 14.6 Å². The van der Waals surface area contributed by atoms with Crippen molar-refractivity contribution >= 4 is 0 Å². The normalized spacial score (nSPS) is 11.1. The van der Waals surface area contributed by atoms with Crippen molar-refractivity contribution in [1.82, 2.24) is 14.7 Å². The molecule has 0 fully saturated rings. The highest BCUT2D eigenvalue weighted by Crippen LogP contribution is 2.18. The molecule has 0 unspecified atom stereocenters.